The van der Waals surface area contributed by atoms with Crippen LogP contribution in [0.3, 0.4) is 0 Å². The molecule has 0 aliphatic rings. The van der Waals surface area contributed by atoms with Gasteiger partial charge >= 0.3 is 0 Å². The van der Waals surface area contributed by atoms with Gasteiger partial charge in [-0.2, -0.15) is 0 Å². The summed E-state index contributed by atoms with van der Waals surface area (Å²) in [6.07, 6.45) is 0. The van der Waals surface area contributed by atoms with Gasteiger partial charge in [-0.3, -0.25) is 9.59 Å². The molecule has 0 radical (unpaired) electrons. The molecule has 0 unspecified atom stereocenters. The summed E-state index contributed by atoms with van der Waals surface area (Å²) in [6, 6.07) is 23.8. The fourth-order valence-corrected chi connectivity index (χ4v) is 2.70. The van der Waals surface area contributed by atoms with E-state index < -0.39 is 0 Å². The van der Waals surface area contributed by atoms with Gasteiger partial charge in [0, 0.05) is 23.0 Å². The van der Waals surface area contributed by atoms with Gasteiger partial charge in [0.25, 0.3) is 5.91 Å². The summed E-state index contributed by atoms with van der Waals surface area (Å²) >= 11 is 0. The minimum atomic E-state index is -0.173. The van der Waals surface area contributed by atoms with E-state index in [1.807, 2.05) is 44.2 Å². The average Bonchev–Trinajstić information content (AvgIpc) is 2.74. The van der Waals surface area contributed by atoms with Gasteiger partial charge in [-0.25, -0.2) is 0 Å². The van der Waals surface area contributed by atoms with E-state index in [2.05, 4.69) is 16.0 Å². The van der Waals surface area contributed by atoms with Crippen molar-refractivity contribution in [2.24, 2.45) is 0 Å². The third-order valence-electron chi connectivity index (χ3n) is 4.14. The molecule has 3 rings (SSSR count). The summed E-state index contributed by atoms with van der Waals surface area (Å²) in [5.74, 6) is 1.16. The first-order valence-electron chi connectivity index (χ1n) is 9.77. The molecule has 0 saturated heterocycles. The highest BCUT2D eigenvalue weighted by atomic mass is 16.5. The number of hydrogen-bond donors (Lipinski definition) is 3. The molecule has 30 heavy (non-hydrogen) atoms. The van der Waals surface area contributed by atoms with Crippen molar-refractivity contribution in [1.29, 1.82) is 0 Å². The Morgan fingerprint density at radius 3 is 2.03 bits per heavy atom. The number of rotatable bonds is 8. The van der Waals surface area contributed by atoms with Crippen LogP contribution in [0.5, 0.6) is 11.5 Å². The van der Waals surface area contributed by atoms with E-state index in [0.717, 1.165) is 11.4 Å². The van der Waals surface area contributed by atoms with Gasteiger partial charge < -0.3 is 20.7 Å². The van der Waals surface area contributed by atoms with E-state index in [4.69, 9.17) is 4.74 Å². The maximum Gasteiger partial charge on any atom is 0.251 e. The monoisotopic (exact) mass is 403 g/mol. The van der Waals surface area contributed by atoms with E-state index in [-0.39, 0.29) is 24.4 Å². The first-order valence-corrected chi connectivity index (χ1v) is 9.77. The van der Waals surface area contributed by atoms with E-state index in [0.29, 0.717) is 17.0 Å². The molecular formula is C24H25N3O3. The molecule has 6 heteroatoms. The minimum Gasteiger partial charge on any atom is -0.457 e. The average molecular weight is 403 g/mol. The highest BCUT2D eigenvalue weighted by Gasteiger charge is 2.07. The normalized spacial score (nSPS) is 10.4. The number of anilines is 2. The Balaban J connectivity index is 1.47. The van der Waals surface area contributed by atoms with Gasteiger partial charge in [0.2, 0.25) is 5.91 Å². The summed E-state index contributed by atoms with van der Waals surface area (Å²) < 4.78 is 5.74. The summed E-state index contributed by atoms with van der Waals surface area (Å²) in [6.45, 7) is 3.94. The number of carbonyl (C=O) groups is 2. The lowest BCUT2D eigenvalue weighted by Crippen LogP contribution is -2.30. The Labute approximate surface area is 176 Å². The number of hydrogen-bond acceptors (Lipinski definition) is 4. The molecule has 0 fully saturated rings. The van der Waals surface area contributed by atoms with Crippen LogP contribution < -0.4 is 20.7 Å². The molecule has 0 saturated carbocycles. The van der Waals surface area contributed by atoms with Crippen LogP contribution >= 0.6 is 0 Å². The molecule has 3 N–H and O–H groups in total. The SMILES string of the molecule is CC(C)NC(=O)c1ccc(NCC(=O)Nc2ccc(Oc3ccccc3)cc2)cc1. The van der Waals surface area contributed by atoms with Crippen LogP contribution in [0.15, 0.2) is 78.9 Å². The Hall–Kier alpha value is -3.80. The van der Waals surface area contributed by atoms with Crippen LogP contribution in [0.2, 0.25) is 0 Å². The number of carbonyl (C=O) groups excluding carboxylic acids is 2. The summed E-state index contributed by atoms with van der Waals surface area (Å²) in [4.78, 5) is 24.1. The first kappa shape index (κ1) is 20.9. The fourth-order valence-electron chi connectivity index (χ4n) is 2.70. The van der Waals surface area contributed by atoms with Crippen molar-refractivity contribution >= 4 is 23.2 Å². The van der Waals surface area contributed by atoms with Crippen molar-refractivity contribution < 1.29 is 14.3 Å². The summed E-state index contributed by atoms with van der Waals surface area (Å²) in [5, 5.41) is 8.72. The second-order valence-corrected chi connectivity index (χ2v) is 7.05. The third kappa shape index (κ3) is 6.38. The molecule has 6 nitrogen and oxygen atoms in total. The van der Waals surface area contributed by atoms with Crippen molar-refractivity contribution in [3.05, 3.63) is 84.4 Å². The second kappa shape index (κ2) is 10.1. The molecule has 0 aromatic heterocycles. The zero-order chi connectivity index (χ0) is 21.3. The molecular weight excluding hydrogens is 378 g/mol. The molecule has 3 aromatic carbocycles. The predicted molar refractivity (Wildman–Crippen MR) is 119 cm³/mol. The zero-order valence-electron chi connectivity index (χ0n) is 17.0. The fraction of sp³-hybridized carbons (Fsp3) is 0.167. The van der Waals surface area contributed by atoms with Crippen LogP contribution in [-0.2, 0) is 4.79 Å². The van der Waals surface area contributed by atoms with Crippen LogP contribution in [-0.4, -0.2) is 24.4 Å². The van der Waals surface area contributed by atoms with Crippen molar-refractivity contribution in [2.75, 3.05) is 17.2 Å². The second-order valence-electron chi connectivity index (χ2n) is 7.05. The van der Waals surface area contributed by atoms with E-state index in [1.54, 1.807) is 48.5 Å². The lowest BCUT2D eigenvalue weighted by atomic mass is 10.2. The Bertz CT molecular complexity index is 969. The van der Waals surface area contributed by atoms with Crippen molar-refractivity contribution in [1.82, 2.24) is 5.32 Å². The van der Waals surface area contributed by atoms with Gasteiger partial charge in [-0.05, 0) is 74.5 Å². The van der Waals surface area contributed by atoms with Gasteiger partial charge in [-0.1, -0.05) is 18.2 Å². The topological polar surface area (TPSA) is 79.5 Å². The maximum absolute atomic E-state index is 12.2. The zero-order valence-corrected chi connectivity index (χ0v) is 17.0. The first-order chi connectivity index (χ1) is 14.5. The Morgan fingerprint density at radius 1 is 0.800 bits per heavy atom. The van der Waals surface area contributed by atoms with E-state index >= 15 is 0 Å². The molecule has 154 valence electrons. The van der Waals surface area contributed by atoms with Crippen LogP contribution in [0.1, 0.15) is 24.2 Å². The lowest BCUT2D eigenvalue weighted by Gasteiger charge is -2.11. The molecule has 0 heterocycles. The van der Waals surface area contributed by atoms with Crippen molar-refractivity contribution in [3.8, 4) is 11.5 Å². The molecule has 3 aromatic rings. The highest BCUT2D eigenvalue weighted by Crippen LogP contribution is 2.22. The standard InChI is InChI=1S/C24H25N3O3/c1-17(2)26-24(29)18-8-10-19(11-9-18)25-16-23(28)27-20-12-14-22(15-13-20)30-21-6-4-3-5-7-21/h3-15,17,25H,16H2,1-2H3,(H,26,29)(H,27,28). The molecule has 0 bridgehead atoms. The van der Waals surface area contributed by atoms with Gasteiger partial charge in [0.1, 0.15) is 11.5 Å². The molecule has 0 spiro atoms. The maximum atomic E-state index is 12.2. The number of ether oxygens (including phenoxy) is 1. The molecule has 0 aliphatic carbocycles. The van der Waals surface area contributed by atoms with Crippen molar-refractivity contribution in [3.63, 3.8) is 0 Å². The molecule has 2 amide bonds. The molecule has 0 aliphatic heterocycles. The number of para-hydroxylation sites is 1. The third-order valence-corrected chi connectivity index (χ3v) is 4.14. The Morgan fingerprint density at radius 2 is 1.40 bits per heavy atom. The lowest BCUT2D eigenvalue weighted by molar-refractivity contribution is -0.114. The quantitative estimate of drug-likeness (QED) is 0.511. The van der Waals surface area contributed by atoms with Crippen LogP contribution in [0.4, 0.5) is 11.4 Å². The minimum absolute atomic E-state index is 0.0814. The van der Waals surface area contributed by atoms with E-state index in [1.165, 1.54) is 0 Å². The summed E-state index contributed by atoms with van der Waals surface area (Å²) in [5.41, 5.74) is 2.03. The van der Waals surface area contributed by atoms with Gasteiger partial charge in [0.05, 0.1) is 6.54 Å². The highest BCUT2D eigenvalue weighted by molar-refractivity contribution is 5.95. The van der Waals surface area contributed by atoms with Gasteiger partial charge in [0.15, 0.2) is 0 Å². The largest absolute Gasteiger partial charge is 0.457 e. The molecule has 0 atom stereocenters. The number of benzene rings is 3. The van der Waals surface area contributed by atoms with Crippen LogP contribution in [0.25, 0.3) is 0 Å². The van der Waals surface area contributed by atoms with Crippen LogP contribution in [0, 0.1) is 0 Å². The predicted octanol–water partition coefficient (Wildman–Crippen LogP) is 4.67. The summed E-state index contributed by atoms with van der Waals surface area (Å²) in [7, 11) is 0. The Kier molecular flexibility index (Phi) is 7.05. The van der Waals surface area contributed by atoms with Gasteiger partial charge in [-0.15, -0.1) is 0 Å². The smallest absolute Gasteiger partial charge is 0.251 e. The van der Waals surface area contributed by atoms with Crippen molar-refractivity contribution in [2.45, 2.75) is 19.9 Å². The number of amides is 2. The number of nitrogens with one attached hydrogen (secondary N) is 3. The van der Waals surface area contributed by atoms with E-state index in [9.17, 15) is 9.59 Å².